The molecule has 0 bridgehead atoms. The minimum atomic E-state index is 0.0161. The molecule has 2 aromatic carbocycles. The first-order chi connectivity index (χ1) is 15.7. The lowest BCUT2D eigenvalue weighted by atomic mass is 10.1. The van der Waals surface area contributed by atoms with Crippen molar-refractivity contribution in [2.24, 2.45) is 0 Å². The molecule has 1 aliphatic rings. The number of rotatable bonds is 9. The summed E-state index contributed by atoms with van der Waals surface area (Å²) in [6, 6.07) is 22.4. The molecule has 1 fully saturated rings. The first kappa shape index (κ1) is 20.7. The Morgan fingerprint density at radius 1 is 1.00 bits per heavy atom. The van der Waals surface area contributed by atoms with E-state index in [0.717, 1.165) is 47.0 Å². The number of nitrogens with one attached hydrogen (secondary N) is 1. The molecule has 0 radical (unpaired) electrons. The van der Waals surface area contributed by atoms with E-state index in [-0.39, 0.29) is 5.91 Å². The lowest BCUT2D eigenvalue weighted by Crippen LogP contribution is -2.25. The number of hydrogen-bond donors (Lipinski definition) is 1. The topological polar surface area (TPSA) is 58.4 Å². The summed E-state index contributed by atoms with van der Waals surface area (Å²) in [7, 11) is 0. The molecular formula is C26H25N3O2S. The molecule has 32 heavy (non-hydrogen) atoms. The highest BCUT2D eigenvalue weighted by molar-refractivity contribution is 7.13. The zero-order valence-electron chi connectivity index (χ0n) is 17.7. The van der Waals surface area contributed by atoms with Gasteiger partial charge in [-0.15, -0.1) is 11.3 Å². The van der Waals surface area contributed by atoms with Crippen LogP contribution in [-0.2, 0) is 19.6 Å². The fraction of sp³-hybridized carbons (Fsp3) is 0.231. The van der Waals surface area contributed by atoms with Crippen LogP contribution in [0, 0.1) is 0 Å². The highest BCUT2D eigenvalue weighted by atomic mass is 32.1. The Morgan fingerprint density at radius 3 is 2.53 bits per heavy atom. The molecule has 1 N–H and O–H groups in total. The molecule has 1 amide bonds. The third-order valence-corrected chi connectivity index (χ3v) is 6.39. The van der Waals surface area contributed by atoms with Crippen molar-refractivity contribution in [1.29, 1.82) is 0 Å². The van der Waals surface area contributed by atoms with Gasteiger partial charge in [0.1, 0.15) is 10.8 Å². The second-order valence-electron chi connectivity index (χ2n) is 8.18. The van der Waals surface area contributed by atoms with Gasteiger partial charge in [-0.1, -0.05) is 42.5 Å². The van der Waals surface area contributed by atoms with Crippen molar-refractivity contribution in [2.45, 2.75) is 38.5 Å². The Bertz CT molecular complexity index is 1150. The normalized spacial score (nSPS) is 13.4. The standard InChI is InChI=1S/C26H25N3O2S/c30-25(27-22-12-13-22)20-10-8-19(9-11-20)15-29(17-24-7-4-14-31-24)16-23-18-32-26(28-23)21-5-2-1-3-6-21/h1-11,14,18,22H,12-13,15-17H2,(H,27,30). The Morgan fingerprint density at radius 2 is 1.81 bits per heavy atom. The van der Waals surface area contributed by atoms with Crippen LogP contribution in [0.5, 0.6) is 0 Å². The number of nitrogens with zero attached hydrogens (tertiary/aromatic N) is 2. The SMILES string of the molecule is O=C(NC1CC1)c1ccc(CN(Cc2csc(-c3ccccc3)n2)Cc2ccco2)cc1. The second-order valence-corrected chi connectivity index (χ2v) is 9.04. The molecule has 0 unspecified atom stereocenters. The van der Waals surface area contributed by atoms with Gasteiger partial charge in [-0.25, -0.2) is 4.98 Å². The second kappa shape index (κ2) is 9.51. The van der Waals surface area contributed by atoms with Crippen LogP contribution in [0.25, 0.3) is 10.6 Å². The number of furan rings is 1. The maximum absolute atomic E-state index is 12.3. The van der Waals surface area contributed by atoms with Gasteiger partial charge in [-0.2, -0.15) is 0 Å². The van der Waals surface area contributed by atoms with Crippen molar-refractivity contribution in [3.8, 4) is 10.6 Å². The molecule has 162 valence electrons. The van der Waals surface area contributed by atoms with Crippen LogP contribution >= 0.6 is 11.3 Å². The number of carbonyl (C=O) groups is 1. The van der Waals surface area contributed by atoms with Gasteiger partial charge >= 0.3 is 0 Å². The van der Waals surface area contributed by atoms with Crippen LogP contribution in [0.1, 0.15) is 40.2 Å². The number of aromatic nitrogens is 1. The highest BCUT2D eigenvalue weighted by Crippen LogP contribution is 2.25. The molecule has 1 saturated carbocycles. The van der Waals surface area contributed by atoms with Crippen molar-refractivity contribution in [3.63, 3.8) is 0 Å². The maximum atomic E-state index is 12.3. The van der Waals surface area contributed by atoms with Crippen molar-refractivity contribution in [3.05, 3.63) is 101 Å². The summed E-state index contributed by atoms with van der Waals surface area (Å²) in [5.74, 6) is 0.936. The van der Waals surface area contributed by atoms with Crippen LogP contribution < -0.4 is 5.32 Å². The molecule has 5 nitrogen and oxygen atoms in total. The summed E-state index contributed by atoms with van der Waals surface area (Å²) in [4.78, 5) is 19.4. The van der Waals surface area contributed by atoms with Crippen LogP contribution in [0.3, 0.4) is 0 Å². The summed E-state index contributed by atoms with van der Waals surface area (Å²) in [6.07, 6.45) is 3.89. The van der Waals surface area contributed by atoms with Gasteiger partial charge < -0.3 is 9.73 Å². The Labute approximate surface area is 191 Å². The summed E-state index contributed by atoms with van der Waals surface area (Å²) < 4.78 is 5.59. The van der Waals surface area contributed by atoms with Gasteiger partial charge in [-0.05, 0) is 42.7 Å². The third-order valence-electron chi connectivity index (χ3n) is 5.45. The summed E-state index contributed by atoms with van der Waals surface area (Å²) in [5, 5.41) is 6.20. The summed E-state index contributed by atoms with van der Waals surface area (Å²) in [6.45, 7) is 2.15. The van der Waals surface area contributed by atoms with E-state index in [1.165, 1.54) is 0 Å². The molecule has 5 rings (SSSR count). The largest absolute Gasteiger partial charge is 0.468 e. The molecule has 6 heteroatoms. The van der Waals surface area contributed by atoms with Gasteiger partial charge in [0.05, 0.1) is 18.5 Å². The smallest absolute Gasteiger partial charge is 0.251 e. The molecule has 0 aliphatic heterocycles. The number of amides is 1. The van der Waals surface area contributed by atoms with E-state index in [2.05, 4.69) is 27.7 Å². The highest BCUT2D eigenvalue weighted by Gasteiger charge is 2.23. The van der Waals surface area contributed by atoms with E-state index in [0.29, 0.717) is 24.7 Å². The maximum Gasteiger partial charge on any atom is 0.251 e. The van der Waals surface area contributed by atoms with E-state index >= 15 is 0 Å². The van der Waals surface area contributed by atoms with E-state index in [1.807, 2.05) is 54.6 Å². The van der Waals surface area contributed by atoms with Gasteiger partial charge in [0.15, 0.2) is 0 Å². The molecule has 0 spiro atoms. The molecular weight excluding hydrogens is 418 g/mol. The average molecular weight is 444 g/mol. The lowest BCUT2D eigenvalue weighted by Gasteiger charge is -2.20. The van der Waals surface area contributed by atoms with Gasteiger partial charge in [-0.3, -0.25) is 9.69 Å². The predicted octanol–water partition coefficient (Wildman–Crippen LogP) is 5.50. The fourth-order valence-electron chi connectivity index (χ4n) is 3.63. The van der Waals surface area contributed by atoms with Crippen molar-refractivity contribution < 1.29 is 9.21 Å². The zero-order valence-corrected chi connectivity index (χ0v) is 18.6. The molecule has 2 heterocycles. The first-order valence-electron chi connectivity index (χ1n) is 10.9. The van der Waals surface area contributed by atoms with Gasteiger partial charge in [0.2, 0.25) is 0 Å². The number of carbonyl (C=O) groups excluding carboxylic acids is 1. The minimum absolute atomic E-state index is 0.0161. The van der Waals surface area contributed by atoms with E-state index in [4.69, 9.17) is 9.40 Å². The molecule has 0 saturated heterocycles. The third kappa shape index (κ3) is 5.33. The van der Waals surface area contributed by atoms with Crippen LogP contribution in [0.2, 0.25) is 0 Å². The summed E-state index contributed by atoms with van der Waals surface area (Å²) in [5.41, 5.74) is 4.05. The van der Waals surface area contributed by atoms with E-state index < -0.39 is 0 Å². The van der Waals surface area contributed by atoms with Crippen LogP contribution in [0.4, 0.5) is 0 Å². The first-order valence-corrected chi connectivity index (χ1v) is 11.8. The van der Waals surface area contributed by atoms with Crippen LogP contribution in [0.15, 0.2) is 82.8 Å². The predicted molar refractivity (Wildman–Crippen MR) is 126 cm³/mol. The average Bonchev–Trinajstić information content (AvgIpc) is 3.27. The van der Waals surface area contributed by atoms with Crippen LogP contribution in [-0.4, -0.2) is 21.8 Å². The fourth-order valence-corrected chi connectivity index (χ4v) is 4.45. The number of hydrogen-bond acceptors (Lipinski definition) is 5. The molecule has 1 aliphatic carbocycles. The molecule has 2 aromatic heterocycles. The summed E-state index contributed by atoms with van der Waals surface area (Å²) >= 11 is 1.67. The van der Waals surface area contributed by atoms with E-state index in [9.17, 15) is 4.79 Å². The van der Waals surface area contributed by atoms with Crippen molar-refractivity contribution in [2.75, 3.05) is 0 Å². The van der Waals surface area contributed by atoms with E-state index in [1.54, 1.807) is 17.6 Å². The lowest BCUT2D eigenvalue weighted by molar-refractivity contribution is 0.0951. The van der Waals surface area contributed by atoms with Crippen molar-refractivity contribution >= 4 is 17.2 Å². The van der Waals surface area contributed by atoms with Gasteiger partial charge in [0, 0.05) is 35.6 Å². The Hall–Kier alpha value is -3.22. The Kier molecular flexibility index (Phi) is 6.14. The molecule has 4 aromatic rings. The monoisotopic (exact) mass is 443 g/mol. The Balaban J connectivity index is 1.29. The van der Waals surface area contributed by atoms with Crippen molar-refractivity contribution in [1.82, 2.24) is 15.2 Å². The number of thiazole rings is 1. The molecule has 0 atom stereocenters. The quantitative estimate of drug-likeness (QED) is 0.371. The zero-order chi connectivity index (χ0) is 21.8. The van der Waals surface area contributed by atoms with Gasteiger partial charge in [0.25, 0.3) is 5.91 Å². The number of benzene rings is 2. The minimum Gasteiger partial charge on any atom is -0.468 e.